The highest BCUT2D eigenvalue weighted by Crippen LogP contribution is 2.18. The summed E-state index contributed by atoms with van der Waals surface area (Å²) < 4.78 is 15.2. The third kappa shape index (κ3) is 3.71. The van der Waals surface area contributed by atoms with Gasteiger partial charge >= 0.3 is 5.97 Å². The van der Waals surface area contributed by atoms with E-state index in [9.17, 15) is 4.79 Å². The van der Waals surface area contributed by atoms with Crippen LogP contribution in [0.5, 0.6) is 5.88 Å². The minimum Gasteiger partial charge on any atom is -0.477 e. The molecule has 0 aliphatic carbocycles. The molecule has 17 heavy (non-hydrogen) atoms. The van der Waals surface area contributed by atoms with Gasteiger partial charge in [-0.25, -0.2) is 9.78 Å². The molecule has 0 bridgehead atoms. The monoisotopic (exact) mass is 239 g/mol. The molecule has 0 fully saturated rings. The quantitative estimate of drug-likeness (QED) is 0.708. The van der Waals surface area contributed by atoms with Crippen molar-refractivity contribution in [3.63, 3.8) is 0 Å². The Balaban J connectivity index is 3.01. The van der Waals surface area contributed by atoms with Crippen molar-refractivity contribution in [2.24, 2.45) is 0 Å². The second-order valence-corrected chi connectivity index (χ2v) is 3.28. The van der Waals surface area contributed by atoms with E-state index < -0.39 is 5.97 Å². The minimum atomic E-state index is -0.429. The van der Waals surface area contributed by atoms with Crippen LogP contribution in [0.1, 0.15) is 29.8 Å². The first kappa shape index (κ1) is 13.4. The molecular formula is C12H17NO4. The first-order chi connectivity index (χ1) is 8.22. The molecule has 0 spiro atoms. The van der Waals surface area contributed by atoms with E-state index in [4.69, 9.17) is 14.2 Å². The molecule has 0 aromatic carbocycles. The van der Waals surface area contributed by atoms with E-state index in [0.29, 0.717) is 31.3 Å². The lowest BCUT2D eigenvalue weighted by Gasteiger charge is -2.09. The van der Waals surface area contributed by atoms with Crippen LogP contribution in [0.25, 0.3) is 0 Å². The van der Waals surface area contributed by atoms with E-state index in [1.807, 2.05) is 6.92 Å². The third-order valence-electron chi connectivity index (χ3n) is 2.00. The van der Waals surface area contributed by atoms with E-state index in [-0.39, 0.29) is 0 Å². The maximum absolute atomic E-state index is 11.7. The van der Waals surface area contributed by atoms with Crippen molar-refractivity contribution in [3.8, 4) is 5.88 Å². The van der Waals surface area contributed by atoms with Crippen molar-refractivity contribution in [2.75, 3.05) is 20.3 Å². The molecule has 0 atom stereocenters. The van der Waals surface area contributed by atoms with Gasteiger partial charge in [0.05, 0.1) is 19.8 Å². The van der Waals surface area contributed by atoms with Gasteiger partial charge in [0.15, 0.2) is 0 Å². The predicted molar refractivity (Wildman–Crippen MR) is 62.1 cm³/mol. The minimum absolute atomic E-state index is 0.297. The third-order valence-corrected chi connectivity index (χ3v) is 2.00. The maximum Gasteiger partial charge on any atom is 0.343 e. The lowest BCUT2D eigenvalue weighted by Crippen LogP contribution is -2.10. The summed E-state index contributed by atoms with van der Waals surface area (Å²) in [4.78, 5) is 15.8. The van der Waals surface area contributed by atoms with Gasteiger partial charge in [-0.1, -0.05) is 0 Å². The zero-order chi connectivity index (χ0) is 12.7. The van der Waals surface area contributed by atoms with Crippen LogP contribution in [0.15, 0.2) is 12.3 Å². The van der Waals surface area contributed by atoms with Crippen LogP contribution in [0.4, 0.5) is 0 Å². The number of ether oxygens (including phenoxy) is 3. The van der Waals surface area contributed by atoms with Gasteiger partial charge in [0.25, 0.3) is 0 Å². The van der Waals surface area contributed by atoms with E-state index >= 15 is 0 Å². The number of hydrogen-bond acceptors (Lipinski definition) is 5. The number of aromatic nitrogens is 1. The van der Waals surface area contributed by atoms with E-state index in [1.54, 1.807) is 26.3 Å². The van der Waals surface area contributed by atoms with Gasteiger partial charge in [0.2, 0.25) is 5.88 Å². The fourth-order valence-corrected chi connectivity index (χ4v) is 1.35. The molecule has 1 aromatic rings. The van der Waals surface area contributed by atoms with Gasteiger partial charge in [-0.2, -0.15) is 0 Å². The van der Waals surface area contributed by atoms with Crippen molar-refractivity contribution in [1.82, 2.24) is 4.98 Å². The maximum atomic E-state index is 11.7. The second kappa shape index (κ2) is 6.85. The topological polar surface area (TPSA) is 57.7 Å². The lowest BCUT2D eigenvalue weighted by molar-refractivity contribution is 0.0520. The van der Waals surface area contributed by atoms with Gasteiger partial charge in [0, 0.05) is 13.3 Å². The largest absolute Gasteiger partial charge is 0.477 e. The summed E-state index contributed by atoms with van der Waals surface area (Å²) >= 11 is 0. The molecule has 1 heterocycles. The lowest BCUT2D eigenvalue weighted by atomic mass is 10.2. The first-order valence-electron chi connectivity index (χ1n) is 5.50. The summed E-state index contributed by atoms with van der Waals surface area (Å²) in [5, 5.41) is 0. The van der Waals surface area contributed by atoms with Gasteiger partial charge < -0.3 is 14.2 Å². The summed E-state index contributed by atoms with van der Waals surface area (Å²) in [7, 11) is 1.58. The zero-order valence-electron chi connectivity index (χ0n) is 10.4. The number of pyridine rings is 1. The SMILES string of the molecule is CCOC(=O)c1cc(COC)cnc1OCC. The number of hydrogen-bond donors (Lipinski definition) is 0. The van der Waals surface area contributed by atoms with Crippen molar-refractivity contribution in [3.05, 3.63) is 23.4 Å². The Morgan fingerprint density at radius 3 is 2.71 bits per heavy atom. The normalized spacial score (nSPS) is 10.1. The van der Waals surface area contributed by atoms with Crippen LogP contribution in [0, 0.1) is 0 Å². The van der Waals surface area contributed by atoms with E-state index in [1.165, 1.54) is 0 Å². The Morgan fingerprint density at radius 1 is 1.35 bits per heavy atom. The highest BCUT2D eigenvalue weighted by Gasteiger charge is 2.15. The van der Waals surface area contributed by atoms with E-state index in [0.717, 1.165) is 5.56 Å². The number of nitrogens with zero attached hydrogens (tertiary/aromatic N) is 1. The number of methoxy groups -OCH3 is 1. The predicted octanol–water partition coefficient (Wildman–Crippen LogP) is 1.80. The highest BCUT2D eigenvalue weighted by atomic mass is 16.5. The molecular weight excluding hydrogens is 222 g/mol. The van der Waals surface area contributed by atoms with Gasteiger partial charge in [-0.3, -0.25) is 0 Å². The van der Waals surface area contributed by atoms with Gasteiger partial charge in [-0.05, 0) is 25.5 Å². The molecule has 1 aromatic heterocycles. The standard InChI is InChI=1S/C12H17NO4/c1-4-16-11-10(12(14)17-5-2)6-9(7-13-11)8-15-3/h6-7H,4-5,8H2,1-3H3. The van der Waals surface area contributed by atoms with Gasteiger partial charge in [0.1, 0.15) is 5.56 Å². The molecule has 0 N–H and O–H groups in total. The summed E-state index contributed by atoms with van der Waals surface area (Å²) in [6.45, 7) is 4.75. The molecule has 0 radical (unpaired) electrons. The molecule has 5 heteroatoms. The van der Waals surface area contributed by atoms with Crippen LogP contribution in [-0.2, 0) is 16.1 Å². The molecule has 0 amide bonds. The summed E-state index contributed by atoms with van der Waals surface area (Å²) in [5.41, 5.74) is 1.14. The smallest absolute Gasteiger partial charge is 0.343 e. The average molecular weight is 239 g/mol. The van der Waals surface area contributed by atoms with Crippen LogP contribution < -0.4 is 4.74 Å². The molecule has 0 unspecified atom stereocenters. The molecule has 0 saturated heterocycles. The fraction of sp³-hybridized carbons (Fsp3) is 0.500. The first-order valence-corrected chi connectivity index (χ1v) is 5.50. The summed E-state index contributed by atoms with van der Waals surface area (Å²) in [6.07, 6.45) is 1.62. The molecule has 0 saturated carbocycles. The highest BCUT2D eigenvalue weighted by molar-refractivity contribution is 5.92. The second-order valence-electron chi connectivity index (χ2n) is 3.28. The Hall–Kier alpha value is -1.62. The number of carbonyl (C=O) groups excluding carboxylic acids is 1. The van der Waals surface area contributed by atoms with Crippen molar-refractivity contribution >= 4 is 5.97 Å². The van der Waals surface area contributed by atoms with Crippen LogP contribution in [0.3, 0.4) is 0 Å². The number of rotatable bonds is 6. The molecule has 0 aliphatic rings. The van der Waals surface area contributed by atoms with Crippen LogP contribution in [0.2, 0.25) is 0 Å². The fourth-order valence-electron chi connectivity index (χ4n) is 1.35. The Kier molecular flexibility index (Phi) is 5.42. The summed E-state index contributed by atoms with van der Waals surface area (Å²) in [6, 6.07) is 1.68. The average Bonchev–Trinajstić information content (AvgIpc) is 2.32. The molecule has 1 rings (SSSR count). The van der Waals surface area contributed by atoms with Crippen LogP contribution in [-0.4, -0.2) is 31.3 Å². The van der Waals surface area contributed by atoms with Crippen LogP contribution >= 0.6 is 0 Å². The van der Waals surface area contributed by atoms with Crippen molar-refractivity contribution < 1.29 is 19.0 Å². The summed E-state index contributed by atoms with van der Waals surface area (Å²) in [5.74, 6) is -0.132. The van der Waals surface area contributed by atoms with Crippen molar-refractivity contribution in [2.45, 2.75) is 20.5 Å². The van der Waals surface area contributed by atoms with Crippen molar-refractivity contribution in [1.29, 1.82) is 0 Å². The Bertz CT molecular complexity index is 379. The zero-order valence-corrected chi connectivity index (χ0v) is 10.4. The number of carbonyl (C=O) groups is 1. The van der Waals surface area contributed by atoms with Gasteiger partial charge in [-0.15, -0.1) is 0 Å². The Labute approximate surface area is 101 Å². The van der Waals surface area contributed by atoms with E-state index in [2.05, 4.69) is 4.98 Å². The molecule has 5 nitrogen and oxygen atoms in total. The Morgan fingerprint density at radius 2 is 2.12 bits per heavy atom. The molecule has 94 valence electrons. The number of esters is 1. The molecule has 0 aliphatic heterocycles.